The highest BCUT2D eigenvalue weighted by Gasteiger charge is 2.07. The lowest BCUT2D eigenvalue weighted by molar-refractivity contribution is -0.118. The van der Waals surface area contributed by atoms with E-state index in [2.05, 4.69) is 22.8 Å². The summed E-state index contributed by atoms with van der Waals surface area (Å²) in [7, 11) is 0. The van der Waals surface area contributed by atoms with Crippen LogP contribution in [0.5, 0.6) is 5.75 Å². The van der Waals surface area contributed by atoms with E-state index in [0.29, 0.717) is 6.54 Å². The number of halogens is 1. The molecule has 3 rings (SSSR count). The molecular formula is C22H22ClN2O2-. The summed E-state index contributed by atoms with van der Waals surface area (Å²) in [4.78, 5) is 12.0. The summed E-state index contributed by atoms with van der Waals surface area (Å²) in [5.41, 5.74) is 3.02. The van der Waals surface area contributed by atoms with Crippen LogP contribution >= 0.6 is 0 Å². The lowest BCUT2D eigenvalue weighted by atomic mass is 10.2. The van der Waals surface area contributed by atoms with E-state index < -0.39 is 0 Å². The molecule has 4 nitrogen and oxygen atoms in total. The lowest BCUT2D eigenvalue weighted by Gasteiger charge is -2.12. The highest BCUT2D eigenvalue weighted by atomic mass is 35.5. The molecule has 0 spiro atoms. The maximum absolute atomic E-state index is 12.0. The van der Waals surface area contributed by atoms with Crippen LogP contribution in [0, 0.1) is 0 Å². The first kappa shape index (κ1) is 20.5. The normalized spacial score (nSPS) is 9.93. The van der Waals surface area contributed by atoms with Crippen molar-refractivity contribution in [2.75, 3.05) is 11.9 Å². The Bertz CT molecular complexity index is 826. The molecule has 27 heavy (non-hydrogen) atoms. The van der Waals surface area contributed by atoms with Gasteiger partial charge in [-0.15, -0.1) is 0 Å². The number of carbonyl (C=O) groups excluding carboxylic acids is 1. The van der Waals surface area contributed by atoms with Gasteiger partial charge in [0.2, 0.25) is 0 Å². The van der Waals surface area contributed by atoms with Gasteiger partial charge in [0, 0.05) is 24.3 Å². The van der Waals surface area contributed by atoms with Gasteiger partial charge in [-0.1, -0.05) is 66.7 Å². The molecule has 140 valence electrons. The minimum atomic E-state index is -0.178. The number of nitrogens with one attached hydrogen (secondary N) is 2. The molecule has 0 radical (unpaired) electrons. The van der Waals surface area contributed by atoms with Crippen LogP contribution in [0.1, 0.15) is 11.1 Å². The van der Waals surface area contributed by atoms with Gasteiger partial charge in [-0.2, -0.15) is 0 Å². The molecule has 2 N–H and O–H groups in total. The highest BCUT2D eigenvalue weighted by Crippen LogP contribution is 2.18. The zero-order valence-corrected chi connectivity index (χ0v) is 15.7. The number of rotatable bonds is 8. The van der Waals surface area contributed by atoms with Crippen molar-refractivity contribution >= 4 is 11.6 Å². The van der Waals surface area contributed by atoms with Gasteiger partial charge in [-0.05, 0) is 23.8 Å². The summed E-state index contributed by atoms with van der Waals surface area (Å²) in [6.07, 6.45) is 0. The van der Waals surface area contributed by atoms with Crippen molar-refractivity contribution < 1.29 is 21.9 Å². The van der Waals surface area contributed by atoms with Crippen LogP contribution in [-0.2, 0) is 17.9 Å². The van der Waals surface area contributed by atoms with Gasteiger partial charge in [0.15, 0.2) is 6.61 Å². The number of para-hydroxylation sites is 2. The average Bonchev–Trinajstić information content (AvgIpc) is 2.69. The first-order valence-corrected chi connectivity index (χ1v) is 8.61. The van der Waals surface area contributed by atoms with Crippen molar-refractivity contribution in [2.45, 2.75) is 13.1 Å². The smallest absolute Gasteiger partial charge is 0.262 e. The Morgan fingerprint density at radius 1 is 0.778 bits per heavy atom. The molecule has 0 aliphatic heterocycles. The quantitative estimate of drug-likeness (QED) is 0.612. The largest absolute Gasteiger partial charge is 1.00 e. The minimum absolute atomic E-state index is 0. The number of hydrogen-bond acceptors (Lipinski definition) is 3. The Kier molecular flexibility index (Phi) is 8.36. The summed E-state index contributed by atoms with van der Waals surface area (Å²) in [5, 5.41) is 6.22. The Morgan fingerprint density at radius 2 is 1.41 bits per heavy atom. The number of anilines is 1. The summed E-state index contributed by atoms with van der Waals surface area (Å²) < 4.78 is 5.72. The Hall–Kier alpha value is -2.82. The van der Waals surface area contributed by atoms with Crippen LogP contribution in [0.15, 0.2) is 84.9 Å². The van der Waals surface area contributed by atoms with Gasteiger partial charge in [-0.25, -0.2) is 0 Å². The molecule has 1 amide bonds. The van der Waals surface area contributed by atoms with E-state index in [9.17, 15) is 4.79 Å². The first-order valence-electron chi connectivity index (χ1n) is 8.61. The predicted octanol–water partition coefficient (Wildman–Crippen LogP) is 0.998. The van der Waals surface area contributed by atoms with Crippen LogP contribution in [0.4, 0.5) is 5.69 Å². The van der Waals surface area contributed by atoms with Gasteiger partial charge >= 0.3 is 0 Å². The second kappa shape index (κ2) is 11.0. The van der Waals surface area contributed by atoms with E-state index in [1.807, 2.05) is 72.8 Å². The lowest BCUT2D eigenvalue weighted by Crippen LogP contribution is -3.00. The molecular weight excluding hydrogens is 360 g/mol. The third kappa shape index (κ3) is 6.77. The fourth-order valence-electron chi connectivity index (χ4n) is 2.59. The summed E-state index contributed by atoms with van der Waals surface area (Å²) in [6, 6.07) is 27.4. The van der Waals surface area contributed by atoms with E-state index in [1.54, 1.807) is 0 Å². The van der Waals surface area contributed by atoms with Crippen LogP contribution < -0.4 is 27.8 Å². The van der Waals surface area contributed by atoms with Crippen molar-refractivity contribution in [1.29, 1.82) is 0 Å². The number of benzene rings is 3. The molecule has 0 unspecified atom stereocenters. The molecule has 0 heterocycles. The third-order valence-corrected chi connectivity index (χ3v) is 3.88. The van der Waals surface area contributed by atoms with Crippen LogP contribution in [0.25, 0.3) is 0 Å². The number of amides is 1. The molecule has 0 bridgehead atoms. The minimum Gasteiger partial charge on any atom is -1.00 e. The van der Waals surface area contributed by atoms with E-state index in [-0.39, 0.29) is 24.9 Å². The Labute approximate surface area is 166 Å². The molecule has 3 aromatic carbocycles. The zero-order valence-electron chi connectivity index (χ0n) is 14.9. The SMILES string of the molecule is O=C(COc1ccccc1CNCc1ccccc1)Nc1ccccc1.[Cl-]. The van der Waals surface area contributed by atoms with E-state index >= 15 is 0 Å². The number of hydrogen-bond donors (Lipinski definition) is 2. The standard InChI is InChI=1S/C22H22N2O2.ClH/c25-22(24-20-12-5-2-6-13-20)17-26-21-14-8-7-11-19(21)16-23-15-18-9-3-1-4-10-18;/h1-14,23H,15-17H2,(H,24,25);1H/p-1. The van der Waals surface area contributed by atoms with Crippen molar-refractivity contribution in [3.63, 3.8) is 0 Å². The van der Waals surface area contributed by atoms with Gasteiger partial charge in [0.1, 0.15) is 5.75 Å². The maximum Gasteiger partial charge on any atom is 0.262 e. The number of carbonyl (C=O) groups is 1. The fraction of sp³-hybridized carbons (Fsp3) is 0.136. The molecule has 5 heteroatoms. The van der Waals surface area contributed by atoms with E-state index in [4.69, 9.17) is 4.74 Å². The average molecular weight is 382 g/mol. The fourth-order valence-corrected chi connectivity index (χ4v) is 2.59. The van der Waals surface area contributed by atoms with Crippen molar-refractivity contribution in [1.82, 2.24) is 5.32 Å². The van der Waals surface area contributed by atoms with Gasteiger partial charge < -0.3 is 27.8 Å². The molecule has 3 aromatic rings. The van der Waals surface area contributed by atoms with E-state index in [1.165, 1.54) is 5.56 Å². The molecule has 0 saturated carbocycles. The molecule has 0 aliphatic rings. The predicted molar refractivity (Wildman–Crippen MR) is 104 cm³/mol. The summed E-state index contributed by atoms with van der Waals surface area (Å²) in [5.74, 6) is 0.541. The van der Waals surface area contributed by atoms with Gasteiger partial charge in [-0.3, -0.25) is 4.79 Å². The molecule has 0 saturated heterocycles. The monoisotopic (exact) mass is 381 g/mol. The van der Waals surface area contributed by atoms with Crippen molar-refractivity contribution in [3.8, 4) is 5.75 Å². The second-order valence-corrected chi connectivity index (χ2v) is 5.90. The zero-order chi connectivity index (χ0) is 18.0. The van der Waals surface area contributed by atoms with Crippen LogP contribution in [-0.4, -0.2) is 12.5 Å². The van der Waals surface area contributed by atoms with Crippen LogP contribution in [0.2, 0.25) is 0 Å². The topological polar surface area (TPSA) is 50.4 Å². The van der Waals surface area contributed by atoms with Crippen molar-refractivity contribution in [3.05, 3.63) is 96.1 Å². The Morgan fingerprint density at radius 3 is 2.15 bits per heavy atom. The highest BCUT2D eigenvalue weighted by molar-refractivity contribution is 5.91. The van der Waals surface area contributed by atoms with Crippen molar-refractivity contribution in [2.24, 2.45) is 0 Å². The Balaban J connectivity index is 0.00000261. The first-order chi connectivity index (χ1) is 12.8. The molecule has 0 atom stereocenters. The maximum atomic E-state index is 12.0. The number of ether oxygens (including phenoxy) is 1. The van der Waals surface area contributed by atoms with Gasteiger partial charge in [0.05, 0.1) is 0 Å². The second-order valence-electron chi connectivity index (χ2n) is 5.90. The summed E-state index contributed by atoms with van der Waals surface area (Å²) in [6.45, 7) is 1.43. The van der Waals surface area contributed by atoms with Crippen LogP contribution in [0.3, 0.4) is 0 Å². The molecule has 0 aromatic heterocycles. The molecule has 0 aliphatic carbocycles. The van der Waals surface area contributed by atoms with E-state index in [0.717, 1.165) is 23.5 Å². The molecule has 0 fully saturated rings. The van der Waals surface area contributed by atoms with Gasteiger partial charge in [0.25, 0.3) is 5.91 Å². The summed E-state index contributed by atoms with van der Waals surface area (Å²) >= 11 is 0. The third-order valence-electron chi connectivity index (χ3n) is 3.88.